The summed E-state index contributed by atoms with van der Waals surface area (Å²) in [4.78, 5) is 0. The van der Waals surface area contributed by atoms with Crippen LogP contribution >= 0.6 is 23.2 Å². The zero-order chi connectivity index (χ0) is 10.6. The number of nitrogens with two attached hydrogens (primary N) is 1. The Hall–Kier alpha value is -0.500. The molecule has 0 fully saturated rings. The van der Waals surface area contributed by atoms with Crippen molar-refractivity contribution in [3.05, 3.63) is 46.5 Å². The lowest BCUT2D eigenvalue weighted by Gasteiger charge is -2.12. The summed E-state index contributed by atoms with van der Waals surface area (Å²) in [7, 11) is 0. The molecule has 0 saturated carbocycles. The first-order valence-electron chi connectivity index (χ1n) is 4.46. The molecule has 0 aliphatic heterocycles. The highest BCUT2D eigenvalue weighted by Crippen LogP contribution is 2.27. The lowest BCUT2D eigenvalue weighted by Crippen LogP contribution is -2.10. The van der Waals surface area contributed by atoms with Crippen LogP contribution in [-0.4, -0.2) is 0 Å². The van der Waals surface area contributed by atoms with Gasteiger partial charge in [0.15, 0.2) is 0 Å². The van der Waals surface area contributed by atoms with Gasteiger partial charge in [-0.15, -0.1) is 6.58 Å². The fourth-order valence-electron chi connectivity index (χ4n) is 1.26. The predicted octanol–water partition coefficient (Wildman–Crippen LogP) is 3.96. The number of hydrogen-bond donors (Lipinski definition) is 1. The van der Waals surface area contributed by atoms with E-state index in [9.17, 15) is 0 Å². The van der Waals surface area contributed by atoms with Gasteiger partial charge in [-0.25, -0.2) is 0 Å². The van der Waals surface area contributed by atoms with Crippen molar-refractivity contribution in [2.24, 2.45) is 5.73 Å². The molecule has 14 heavy (non-hydrogen) atoms. The van der Waals surface area contributed by atoms with Gasteiger partial charge in [0, 0.05) is 16.1 Å². The standard InChI is InChI=1S/C11H13Cl2N/c1-2-3-4-11(14)9-6-5-8(12)7-10(9)13/h2,5-7,11H,1,3-4,14H2/t11-/m1/s1. The minimum atomic E-state index is -0.0437. The van der Waals surface area contributed by atoms with E-state index in [0.29, 0.717) is 10.0 Å². The molecule has 0 saturated heterocycles. The van der Waals surface area contributed by atoms with Crippen LogP contribution in [0.25, 0.3) is 0 Å². The molecular formula is C11H13Cl2N. The second-order valence-corrected chi connectivity index (χ2v) is 3.98. The summed E-state index contributed by atoms with van der Waals surface area (Å²) in [5.41, 5.74) is 6.90. The molecule has 3 heteroatoms. The number of hydrogen-bond acceptors (Lipinski definition) is 1. The molecule has 1 nitrogen and oxygen atoms in total. The maximum atomic E-state index is 6.01. The zero-order valence-corrected chi connectivity index (χ0v) is 9.35. The van der Waals surface area contributed by atoms with E-state index < -0.39 is 0 Å². The van der Waals surface area contributed by atoms with Gasteiger partial charge in [-0.05, 0) is 30.5 Å². The summed E-state index contributed by atoms with van der Waals surface area (Å²) in [6, 6.07) is 5.35. The SMILES string of the molecule is C=CCC[C@@H](N)c1ccc(Cl)cc1Cl. The average molecular weight is 230 g/mol. The molecule has 1 aromatic rings. The normalized spacial score (nSPS) is 12.5. The van der Waals surface area contributed by atoms with Gasteiger partial charge in [0.2, 0.25) is 0 Å². The van der Waals surface area contributed by atoms with Crippen LogP contribution in [0.15, 0.2) is 30.9 Å². The van der Waals surface area contributed by atoms with Gasteiger partial charge in [0.1, 0.15) is 0 Å². The van der Waals surface area contributed by atoms with Crippen LogP contribution in [0, 0.1) is 0 Å². The summed E-state index contributed by atoms with van der Waals surface area (Å²) in [6.45, 7) is 3.65. The highest BCUT2D eigenvalue weighted by atomic mass is 35.5. The van der Waals surface area contributed by atoms with E-state index in [1.807, 2.05) is 12.1 Å². The van der Waals surface area contributed by atoms with Crippen LogP contribution in [0.1, 0.15) is 24.4 Å². The van der Waals surface area contributed by atoms with Crippen molar-refractivity contribution in [2.75, 3.05) is 0 Å². The lowest BCUT2D eigenvalue weighted by atomic mass is 10.0. The van der Waals surface area contributed by atoms with Gasteiger partial charge in [-0.3, -0.25) is 0 Å². The van der Waals surface area contributed by atoms with Crippen molar-refractivity contribution in [3.8, 4) is 0 Å². The van der Waals surface area contributed by atoms with E-state index in [0.717, 1.165) is 18.4 Å². The Labute approximate surface area is 94.5 Å². The van der Waals surface area contributed by atoms with E-state index in [2.05, 4.69) is 6.58 Å². The van der Waals surface area contributed by atoms with Crippen LogP contribution in [0.4, 0.5) is 0 Å². The Bertz CT molecular complexity index is 323. The van der Waals surface area contributed by atoms with E-state index >= 15 is 0 Å². The predicted molar refractivity (Wildman–Crippen MR) is 62.8 cm³/mol. The Morgan fingerprint density at radius 3 is 2.71 bits per heavy atom. The number of allylic oxidation sites excluding steroid dienone is 1. The summed E-state index contributed by atoms with van der Waals surface area (Å²) < 4.78 is 0. The summed E-state index contributed by atoms with van der Waals surface area (Å²) in [6.07, 6.45) is 3.59. The fraction of sp³-hybridized carbons (Fsp3) is 0.273. The van der Waals surface area contributed by atoms with E-state index in [4.69, 9.17) is 28.9 Å². The third-order valence-corrected chi connectivity index (χ3v) is 2.61. The molecule has 0 aromatic heterocycles. The Balaban J connectivity index is 2.78. The maximum absolute atomic E-state index is 6.01. The van der Waals surface area contributed by atoms with Gasteiger partial charge < -0.3 is 5.73 Å². The molecule has 2 N–H and O–H groups in total. The average Bonchev–Trinajstić information content (AvgIpc) is 2.14. The van der Waals surface area contributed by atoms with E-state index in [1.165, 1.54) is 0 Å². The van der Waals surface area contributed by atoms with Crippen molar-refractivity contribution in [2.45, 2.75) is 18.9 Å². The first-order valence-corrected chi connectivity index (χ1v) is 5.22. The maximum Gasteiger partial charge on any atom is 0.0468 e. The third kappa shape index (κ3) is 3.02. The van der Waals surface area contributed by atoms with Gasteiger partial charge in [0.25, 0.3) is 0 Å². The van der Waals surface area contributed by atoms with Gasteiger partial charge in [-0.2, -0.15) is 0 Å². The molecule has 1 rings (SSSR count). The number of rotatable bonds is 4. The van der Waals surface area contributed by atoms with Crippen LogP contribution in [-0.2, 0) is 0 Å². The molecule has 1 aromatic carbocycles. The lowest BCUT2D eigenvalue weighted by molar-refractivity contribution is 0.662. The van der Waals surface area contributed by atoms with Gasteiger partial charge in [-0.1, -0.05) is 35.3 Å². The molecule has 0 radical (unpaired) electrons. The quantitative estimate of drug-likeness (QED) is 0.778. The van der Waals surface area contributed by atoms with Crippen molar-refractivity contribution in [3.63, 3.8) is 0 Å². The largest absolute Gasteiger partial charge is 0.324 e. The molecule has 0 aliphatic rings. The van der Waals surface area contributed by atoms with Crippen LogP contribution in [0.5, 0.6) is 0 Å². The minimum Gasteiger partial charge on any atom is -0.324 e. The topological polar surface area (TPSA) is 26.0 Å². The van der Waals surface area contributed by atoms with Crippen LogP contribution < -0.4 is 5.73 Å². The van der Waals surface area contributed by atoms with E-state index in [1.54, 1.807) is 12.1 Å². The second kappa shape index (κ2) is 5.40. The van der Waals surface area contributed by atoms with E-state index in [-0.39, 0.29) is 6.04 Å². The van der Waals surface area contributed by atoms with Crippen molar-refractivity contribution in [1.29, 1.82) is 0 Å². The molecule has 0 amide bonds. The molecule has 0 unspecified atom stereocenters. The monoisotopic (exact) mass is 229 g/mol. The van der Waals surface area contributed by atoms with Crippen molar-refractivity contribution < 1.29 is 0 Å². The van der Waals surface area contributed by atoms with Gasteiger partial charge in [0.05, 0.1) is 0 Å². The number of benzene rings is 1. The summed E-state index contributed by atoms with van der Waals surface area (Å²) in [5.74, 6) is 0. The highest BCUT2D eigenvalue weighted by Gasteiger charge is 2.09. The second-order valence-electron chi connectivity index (χ2n) is 3.14. The Morgan fingerprint density at radius 1 is 1.43 bits per heavy atom. The summed E-state index contributed by atoms with van der Waals surface area (Å²) >= 11 is 11.8. The molecule has 0 heterocycles. The van der Waals surface area contributed by atoms with Crippen molar-refractivity contribution in [1.82, 2.24) is 0 Å². The Kier molecular flexibility index (Phi) is 4.46. The van der Waals surface area contributed by atoms with Crippen LogP contribution in [0.2, 0.25) is 10.0 Å². The molecule has 1 atom stereocenters. The molecule has 0 aliphatic carbocycles. The smallest absolute Gasteiger partial charge is 0.0468 e. The molecule has 0 spiro atoms. The highest BCUT2D eigenvalue weighted by molar-refractivity contribution is 6.35. The zero-order valence-electron chi connectivity index (χ0n) is 7.84. The summed E-state index contributed by atoms with van der Waals surface area (Å²) in [5, 5.41) is 1.27. The number of halogens is 2. The Morgan fingerprint density at radius 2 is 2.14 bits per heavy atom. The minimum absolute atomic E-state index is 0.0437. The van der Waals surface area contributed by atoms with Crippen LogP contribution in [0.3, 0.4) is 0 Å². The van der Waals surface area contributed by atoms with Gasteiger partial charge >= 0.3 is 0 Å². The molecular weight excluding hydrogens is 217 g/mol. The first-order chi connectivity index (χ1) is 6.65. The first kappa shape index (κ1) is 11.6. The molecule has 0 bridgehead atoms. The molecule has 76 valence electrons. The fourth-order valence-corrected chi connectivity index (χ4v) is 1.80. The third-order valence-electron chi connectivity index (χ3n) is 2.04. The van der Waals surface area contributed by atoms with Crippen molar-refractivity contribution >= 4 is 23.2 Å².